The lowest BCUT2D eigenvalue weighted by Gasteiger charge is -2.12. The first-order valence-electron chi connectivity index (χ1n) is 4.90. The number of esters is 2. The monoisotopic (exact) mass is 222 g/mol. The van der Waals surface area contributed by atoms with E-state index in [1.807, 2.05) is 0 Å². The van der Waals surface area contributed by atoms with Crippen molar-refractivity contribution in [2.45, 2.75) is 20.0 Å². The summed E-state index contributed by atoms with van der Waals surface area (Å²) in [4.78, 5) is 21.9. The highest BCUT2D eigenvalue weighted by Gasteiger charge is 2.10. The number of benzene rings is 1. The molecule has 0 saturated heterocycles. The molecule has 1 aromatic rings. The van der Waals surface area contributed by atoms with Gasteiger partial charge in [-0.2, -0.15) is 0 Å². The summed E-state index contributed by atoms with van der Waals surface area (Å²) >= 11 is 0. The molecule has 0 fully saturated rings. The molecule has 0 spiro atoms. The summed E-state index contributed by atoms with van der Waals surface area (Å²) < 4.78 is 9.58. The number of carbonyl (C=O) groups excluding carboxylic acids is 2. The fraction of sp³-hybridized carbons (Fsp3) is 0.333. The standard InChI is InChI=1S/C12H14O4/c1-8(16-9(2)13)10-4-6-11(7-5-10)12(14)15-3/h4-8H,1-3H3/t8-/m1/s1. The number of hydrogen-bond donors (Lipinski definition) is 0. The van der Waals surface area contributed by atoms with Crippen LogP contribution in [0.2, 0.25) is 0 Å². The molecule has 0 aromatic heterocycles. The molecule has 1 rings (SSSR count). The van der Waals surface area contributed by atoms with E-state index in [-0.39, 0.29) is 18.0 Å². The Morgan fingerprint density at radius 3 is 2.19 bits per heavy atom. The van der Waals surface area contributed by atoms with Gasteiger partial charge in [0.15, 0.2) is 0 Å². The Morgan fingerprint density at radius 1 is 1.19 bits per heavy atom. The average molecular weight is 222 g/mol. The first-order valence-corrected chi connectivity index (χ1v) is 4.90. The molecule has 0 aliphatic heterocycles. The number of rotatable bonds is 3. The molecule has 0 radical (unpaired) electrons. The minimum atomic E-state index is -0.383. The average Bonchev–Trinajstić information content (AvgIpc) is 2.27. The van der Waals surface area contributed by atoms with Gasteiger partial charge in [0.2, 0.25) is 0 Å². The van der Waals surface area contributed by atoms with E-state index in [0.29, 0.717) is 5.56 Å². The molecule has 0 heterocycles. The molecule has 0 bridgehead atoms. The Morgan fingerprint density at radius 2 is 1.75 bits per heavy atom. The summed E-state index contributed by atoms with van der Waals surface area (Å²) in [6.45, 7) is 3.13. The molecule has 0 amide bonds. The molecule has 16 heavy (non-hydrogen) atoms. The zero-order valence-corrected chi connectivity index (χ0v) is 9.52. The smallest absolute Gasteiger partial charge is 0.337 e. The second-order valence-electron chi connectivity index (χ2n) is 3.37. The van der Waals surface area contributed by atoms with Gasteiger partial charge in [-0.05, 0) is 24.6 Å². The van der Waals surface area contributed by atoms with Crippen LogP contribution in [0.3, 0.4) is 0 Å². The molecule has 0 N–H and O–H groups in total. The molecule has 0 aliphatic rings. The zero-order valence-electron chi connectivity index (χ0n) is 9.52. The maximum atomic E-state index is 11.2. The van der Waals surface area contributed by atoms with Crippen molar-refractivity contribution < 1.29 is 19.1 Å². The van der Waals surface area contributed by atoms with Crippen molar-refractivity contribution in [3.8, 4) is 0 Å². The second-order valence-corrected chi connectivity index (χ2v) is 3.37. The summed E-state index contributed by atoms with van der Waals surface area (Å²) in [5, 5.41) is 0. The van der Waals surface area contributed by atoms with Crippen molar-refractivity contribution in [3.05, 3.63) is 35.4 Å². The second kappa shape index (κ2) is 5.30. The van der Waals surface area contributed by atoms with Crippen LogP contribution in [0.4, 0.5) is 0 Å². The maximum Gasteiger partial charge on any atom is 0.337 e. The quantitative estimate of drug-likeness (QED) is 0.735. The summed E-state index contributed by atoms with van der Waals surface area (Å²) in [7, 11) is 1.33. The van der Waals surface area contributed by atoms with Gasteiger partial charge >= 0.3 is 11.9 Å². The number of methoxy groups -OCH3 is 1. The van der Waals surface area contributed by atoms with E-state index in [9.17, 15) is 9.59 Å². The minimum Gasteiger partial charge on any atom is -0.465 e. The van der Waals surface area contributed by atoms with E-state index in [2.05, 4.69) is 4.74 Å². The zero-order chi connectivity index (χ0) is 12.1. The minimum absolute atomic E-state index is 0.316. The van der Waals surface area contributed by atoms with Gasteiger partial charge in [0.1, 0.15) is 6.10 Å². The highest BCUT2D eigenvalue weighted by atomic mass is 16.5. The predicted molar refractivity (Wildman–Crippen MR) is 58.0 cm³/mol. The molecule has 0 unspecified atom stereocenters. The lowest BCUT2D eigenvalue weighted by atomic mass is 10.1. The molecule has 0 aliphatic carbocycles. The Balaban J connectivity index is 2.78. The summed E-state index contributed by atoms with van der Waals surface area (Å²) in [5.74, 6) is -0.712. The van der Waals surface area contributed by atoms with Crippen molar-refractivity contribution in [3.63, 3.8) is 0 Å². The SMILES string of the molecule is COC(=O)c1ccc([C@@H](C)OC(C)=O)cc1. The molecule has 4 heteroatoms. The summed E-state index contributed by atoms with van der Waals surface area (Å²) in [5.41, 5.74) is 1.31. The number of hydrogen-bond acceptors (Lipinski definition) is 4. The van der Waals surface area contributed by atoms with E-state index in [4.69, 9.17) is 4.74 Å². The highest BCUT2D eigenvalue weighted by Crippen LogP contribution is 2.17. The van der Waals surface area contributed by atoms with Crippen LogP contribution in [0.25, 0.3) is 0 Å². The molecular formula is C12H14O4. The van der Waals surface area contributed by atoms with Gasteiger partial charge in [-0.15, -0.1) is 0 Å². The summed E-state index contributed by atoms with van der Waals surface area (Å²) in [6, 6.07) is 6.75. The van der Waals surface area contributed by atoms with Gasteiger partial charge in [-0.25, -0.2) is 4.79 Å². The van der Waals surface area contributed by atoms with Gasteiger partial charge in [-0.3, -0.25) is 4.79 Å². The van der Waals surface area contributed by atoms with Crippen LogP contribution in [0.5, 0.6) is 0 Å². The fourth-order valence-electron chi connectivity index (χ4n) is 1.33. The van der Waals surface area contributed by atoms with Crippen LogP contribution < -0.4 is 0 Å². The van der Waals surface area contributed by atoms with Gasteiger partial charge in [0.25, 0.3) is 0 Å². The van der Waals surface area contributed by atoms with Crippen molar-refractivity contribution in [2.24, 2.45) is 0 Å². The first kappa shape index (κ1) is 12.2. The summed E-state index contributed by atoms with van der Waals surface area (Å²) in [6.07, 6.45) is -0.316. The lowest BCUT2D eigenvalue weighted by Crippen LogP contribution is -2.06. The lowest BCUT2D eigenvalue weighted by molar-refractivity contribution is -0.145. The van der Waals surface area contributed by atoms with E-state index < -0.39 is 0 Å². The number of carbonyl (C=O) groups is 2. The van der Waals surface area contributed by atoms with Crippen LogP contribution in [0.15, 0.2) is 24.3 Å². The molecule has 86 valence electrons. The van der Waals surface area contributed by atoms with Crippen LogP contribution >= 0.6 is 0 Å². The van der Waals surface area contributed by atoms with Crippen LogP contribution in [0, 0.1) is 0 Å². The van der Waals surface area contributed by atoms with Gasteiger partial charge in [-0.1, -0.05) is 12.1 Å². The highest BCUT2D eigenvalue weighted by molar-refractivity contribution is 5.89. The third-order valence-corrected chi connectivity index (χ3v) is 2.14. The largest absolute Gasteiger partial charge is 0.465 e. The van der Waals surface area contributed by atoms with E-state index in [1.165, 1.54) is 14.0 Å². The Hall–Kier alpha value is -1.84. The third kappa shape index (κ3) is 3.08. The van der Waals surface area contributed by atoms with E-state index in [1.54, 1.807) is 31.2 Å². The Bertz CT molecular complexity index is 381. The molecule has 4 nitrogen and oxygen atoms in total. The Labute approximate surface area is 94.2 Å². The Kier molecular flexibility index (Phi) is 4.05. The van der Waals surface area contributed by atoms with Gasteiger partial charge in [0.05, 0.1) is 12.7 Å². The van der Waals surface area contributed by atoms with Crippen molar-refractivity contribution in [1.29, 1.82) is 0 Å². The van der Waals surface area contributed by atoms with E-state index >= 15 is 0 Å². The van der Waals surface area contributed by atoms with Crippen LogP contribution in [0.1, 0.15) is 35.9 Å². The molecule has 0 saturated carbocycles. The molecular weight excluding hydrogens is 208 g/mol. The predicted octanol–water partition coefficient (Wildman–Crippen LogP) is 2.10. The molecule has 1 atom stereocenters. The first-order chi connectivity index (χ1) is 7.54. The van der Waals surface area contributed by atoms with E-state index in [0.717, 1.165) is 5.56 Å². The van der Waals surface area contributed by atoms with Crippen LogP contribution in [-0.4, -0.2) is 19.0 Å². The van der Waals surface area contributed by atoms with Gasteiger partial charge < -0.3 is 9.47 Å². The third-order valence-electron chi connectivity index (χ3n) is 2.14. The molecule has 1 aromatic carbocycles. The van der Waals surface area contributed by atoms with Crippen molar-refractivity contribution >= 4 is 11.9 Å². The van der Waals surface area contributed by atoms with Crippen molar-refractivity contribution in [2.75, 3.05) is 7.11 Å². The van der Waals surface area contributed by atoms with Gasteiger partial charge in [0, 0.05) is 6.92 Å². The normalized spacial score (nSPS) is 11.7. The topological polar surface area (TPSA) is 52.6 Å². The van der Waals surface area contributed by atoms with Crippen LogP contribution in [-0.2, 0) is 14.3 Å². The van der Waals surface area contributed by atoms with Crippen molar-refractivity contribution in [1.82, 2.24) is 0 Å². The maximum absolute atomic E-state index is 11.2. The number of ether oxygens (including phenoxy) is 2. The fourth-order valence-corrected chi connectivity index (χ4v) is 1.33.